The van der Waals surface area contributed by atoms with Crippen LogP contribution in [0.2, 0.25) is 10.0 Å². The third-order valence-electron chi connectivity index (χ3n) is 3.80. The molecule has 0 heterocycles. The van der Waals surface area contributed by atoms with Gasteiger partial charge in [0.1, 0.15) is 17.2 Å². The first kappa shape index (κ1) is 20.2. The molecular weight excluding hydrogens is 377 g/mol. The molecule has 0 fully saturated rings. The van der Waals surface area contributed by atoms with Crippen LogP contribution in [-0.2, 0) is 4.79 Å². The van der Waals surface area contributed by atoms with Crippen LogP contribution >= 0.6 is 23.2 Å². The molecule has 0 aliphatic heterocycles. The number of amides is 1. The van der Waals surface area contributed by atoms with Gasteiger partial charge in [0, 0.05) is 17.2 Å². The molecule has 5 nitrogen and oxygen atoms in total. The van der Waals surface area contributed by atoms with Crippen LogP contribution in [0.25, 0.3) is 0 Å². The average molecular weight is 398 g/mol. The lowest BCUT2D eigenvalue weighted by molar-refractivity contribution is -0.122. The maximum Gasteiger partial charge on any atom is 0.265 e. The van der Waals surface area contributed by atoms with Gasteiger partial charge in [-0.2, -0.15) is 0 Å². The van der Waals surface area contributed by atoms with Crippen molar-refractivity contribution in [1.29, 1.82) is 0 Å². The highest BCUT2D eigenvalue weighted by Gasteiger charge is 2.21. The van der Waals surface area contributed by atoms with Crippen LogP contribution in [0.5, 0.6) is 17.2 Å². The molecule has 1 atom stereocenters. The van der Waals surface area contributed by atoms with Crippen LogP contribution < -0.4 is 19.5 Å². The monoisotopic (exact) mass is 397 g/mol. The van der Waals surface area contributed by atoms with Crippen molar-refractivity contribution in [2.45, 2.75) is 26.4 Å². The number of carbonyl (C=O) groups excluding carboxylic acids is 1. The highest BCUT2D eigenvalue weighted by molar-refractivity contribution is 6.32. The van der Waals surface area contributed by atoms with Gasteiger partial charge in [-0.15, -0.1) is 0 Å². The number of hydrogen-bond donors (Lipinski definition) is 1. The van der Waals surface area contributed by atoms with E-state index in [1.54, 1.807) is 30.3 Å². The number of carbonyl (C=O) groups is 1. The van der Waals surface area contributed by atoms with Crippen molar-refractivity contribution in [3.63, 3.8) is 0 Å². The predicted molar refractivity (Wildman–Crippen MR) is 104 cm³/mol. The fraction of sp³-hybridized carbons (Fsp3) is 0.316. The second kappa shape index (κ2) is 9.01. The molecule has 26 heavy (non-hydrogen) atoms. The van der Waals surface area contributed by atoms with Gasteiger partial charge >= 0.3 is 0 Å². The van der Waals surface area contributed by atoms with E-state index < -0.39 is 6.10 Å². The Morgan fingerprint density at radius 2 is 1.77 bits per heavy atom. The molecule has 1 amide bonds. The maximum atomic E-state index is 12.7. The van der Waals surface area contributed by atoms with Gasteiger partial charge in [0.15, 0.2) is 6.10 Å². The first-order valence-corrected chi connectivity index (χ1v) is 8.80. The number of hydrogen-bond acceptors (Lipinski definition) is 4. The van der Waals surface area contributed by atoms with E-state index in [-0.39, 0.29) is 5.91 Å². The lowest BCUT2D eigenvalue weighted by atomic mass is 10.2. The Hall–Kier alpha value is -2.11. The molecule has 2 rings (SSSR count). The minimum atomic E-state index is -0.679. The Labute approximate surface area is 163 Å². The Balaban J connectivity index is 2.19. The van der Waals surface area contributed by atoms with Crippen molar-refractivity contribution >= 4 is 34.8 Å². The van der Waals surface area contributed by atoms with E-state index in [0.717, 1.165) is 5.56 Å². The van der Waals surface area contributed by atoms with Crippen LogP contribution in [0.15, 0.2) is 30.3 Å². The summed E-state index contributed by atoms with van der Waals surface area (Å²) in [6.45, 7) is 3.74. The van der Waals surface area contributed by atoms with Gasteiger partial charge in [-0.1, -0.05) is 30.1 Å². The number of ether oxygens (including phenoxy) is 3. The summed E-state index contributed by atoms with van der Waals surface area (Å²) < 4.78 is 16.3. The molecule has 0 spiro atoms. The van der Waals surface area contributed by atoms with Crippen molar-refractivity contribution in [3.05, 3.63) is 45.9 Å². The molecule has 0 bridgehead atoms. The van der Waals surface area contributed by atoms with Crippen molar-refractivity contribution < 1.29 is 19.0 Å². The lowest BCUT2D eigenvalue weighted by Crippen LogP contribution is -2.32. The second-order valence-electron chi connectivity index (χ2n) is 5.60. The summed E-state index contributed by atoms with van der Waals surface area (Å²) in [5, 5.41) is 3.84. The molecule has 0 saturated heterocycles. The molecule has 0 aliphatic rings. The second-order valence-corrected chi connectivity index (χ2v) is 6.42. The van der Waals surface area contributed by atoms with Gasteiger partial charge in [-0.25, -0.2) is 0 Å². The summed E-state index contributed by atoms with van der Waals surface area (Å²) in [4.78, 5) is 12.7. The van der Waals surface area contributed by atoms with E-state index >= 15 is 0 Å². The molecule has 2 aromatic rings. The van der Waals surface area contributed by atoms with E-state index in [2.05, 4.69) is 5.32 Å². The fourth-order valence-corrected chi connectivity index (χ4v) is 2.70. The Bertz CT molecular complexity index is 795. The average Bonchev–Trinajstić information content (AvgIpc) is 2.63. The number of benzene rings is 2. The van der Waals surface area contributed by atoms with E-state index in [1.807, 2.05) is 13.8 Å². The number of rotatable bonds is 7. The highest BCUT2D eigenvalue weighted by atomic mass is 35.5. The highest BCUT2D eigenvalue weighted by Crippen LogP contribution is 2.36. The summed E-state index contributed by atoms with van der Waals surface area (Å²) in [5.74, 6) is 1.14. The van der Waals surface area contributed by atoms with E-state index in [4.69, 9.17) is 37.4 Å². The zero-order valence-corrected chi connectivity index (χ0v) is 16.6. The zero-order chi connectivity index (χ0) is 19.3. The van der Waals surface area contributed by atoms with E-state index in [0.29, 0.717) is 39.4 Å². The van der Waals surface area contributed by atoms with E-state index in [9.17, 15) is 4.79 Å². The Kier molecular flexibility index (Phi) is 7.00. The van der Waals surface area contributed by atoms with E-state index in [1.165, 1.54) is 14.2 Å². The first-order valence-electron chi connectivity index (χ1n) is 8.04. The molecule has 140 valence electrons. The number of methoxy groups -OCH3 is 2. The minimum Gasteiger partial charge on any atom is -0.495 e. The smallest absolute Gasteiger partial charge is 0.265 e. The van der Waals surface area contributed by atoms with Crippen LogP contribution in [0.1, 0.15) is 18.9 Å². The zero-order valence-electron chi connectivity index (χ0n) is 15.1. The largest absolute Gasteiger partial charge is 0.495 e. The molecule has 2 aromatic carbocycles. The van der Waals surface area contributed by atoms with Crippen molar-refractivity contribution in [3.8, 4) is 17.2 Å². The number of aryl methyl sites for hydroxylation is 1. The normalized spacial score (nSPS) is 11.6. The van der Waals surface area contributed by atoms with Crippen LogP contribution in [0.4, 0.5) is 5.69 Å². The first-order chi connectivity index (χ1) is 12.4. The van der Waals surface area contributed by atoms with Gasteiger partial charge in [0.25, 0.3) is 5.91 Å². The van der Waals surface area contributed by atoms with Crippen LogP contribution in [0.3, 0.4) is 0 Å². The maximum absolute atomic E-state index is 12.7. The van der Waals surface area contributed by atoms with Gasteiger partial charge in [-0.05, 0) is 37.1 Å². The summed E-state index contributed by atoms with van der Waals surface area (Å²) >= 11 is 12.1. The minimum absolute atomic E-state index is 0.303. The molecule has 0 aliphatic carbocycles. The summed E-state index contributed by atoms with van der Waals surface area (Å²) in [6.07, 6.45) is -0.192. The topological polar surface area (TPSA) is 56.8 Å². The molecular formula is C19H21Cl2NO4. The SMILES string of the molecule is CC[C@H](Oc1ccc(Cl)c(C)c1)C(=O)Nc1cc(OC)c(Cl)cc1OC. The standard InChI is InChI=1S/C19H21Cl2NO4/c1-5-16(26-12-6-7-13(20)11(2)8-12)19(23)22-15-10-17(24-3)14(21)9-18(15)25-4/h6-10,16H,5H2,1-4H3,(H,22,23)/t16-/m0/s1. The van der Waals surface area contributed by atoms with Gasteiger partial charge in [0.2, 0.25) is 0 Å². The van der Waals surface area contributed by atoms with Gasteiger partial charge < -0.3 is 19.5 Å². The van der Waals surface area contributed by atoms with Crippen LogP contribution in [-0.4, -0.2) is 26.2 Å². The Morgan fingerprint density at radius 1 is 1.08 bits per heavy atom. The molecule has 0 aromatic heterocycles. The van der Waals surface area contributed by atoms with Gasteiger partial charge in [-0.3, -0.25) is 4.79 Å². The molecule has 0 radical (unpaired) electrons. The molecule has 0 unspecified atom stereocenters. The number of nitrogens with one attached hydrogen (secondary N) is 1. The lowest BCUT2D eigenvalue weighted by Gasteiger charge is -2.19. The number of anilines is 1. The molecule has 7 heteroatoms. The van der Waals surface area contributed by atoms with Crippen molar-refractivity contribution in [2.24, 2.45) is 0 Å². The predicted octanol–water partition coefficient (Wildman–Crippen LogP) is 5.12. The third-order valence-corrected chi connectivity index (χ3v) is 4.52. The fourth-order valence-electron chi connectivity index (χ4n) is 2.35. The quantitative estimate of drug-likeness (QED) is 0.704. The summed E-state index contributed by atoms with van der Waals surface area (Å²) in [5.41, 5.74) is 1.33. The third kappa shape index (κ3) is 4.74. The molecule has 1 N–H and O–H groups in total. The summed E-state index contributed by atoms with van der Waals surface area (Å²) in [6, 6.07) is 8.46. The number of halogens is 2. The molecule has 0 saturated carbocycles. The van der Waals surface area contributed by atoms with Crippen molar-refractivity contribution in [2.75, 3.05) is 19.5 Å². The Morgan fingerprint density at radius 3 is 2.35 bits per heavy atom. The van der Waals surface area contributed by atoms with Crippen molar-refractivity contribution in [1.82, 2.24) is 0 Å². The van der Waals surface area contributed by atoms with Gasteiger partial charge in [0.05, 0.1) is 24.9 Å². The van der Waals surface area contributed by atoms with Crippen LogP contribution in [0, 0.1) is 6.92 Å². The summed E-state index contributed by atoms with van der Waals surface area (Å²) in [7, 11) is 3.00.